The Balaban J connectivity index is 2.00. The minimum atomic E-state index is 0.669. The van der Waals surface area contributed by atoms with Gasteiger partial charge in [0.2, 0.25) is 5.88 Å². The van der Waals surface area contributed by atoms with Crippen LogP contribution in [0, 0.1) is 0 Å². The molecule has 0 radical (unpaired) electrons. The van der Waals surface area contributed by atoms with Crippen molar-refractivity contribution in [3.05, 3.63) is 23.9 Å². The van der Waals surface area contributed by atoms with Gasteiger partial charge in [-0.05, 0) is 19.0 Å². The Morgan fingerprint density at radius 2 is 2.29 bits per heavy atom. The van der Waals surface area contributed by atoms with Crippen LogP contribution < -0.4 is 10.1 Å². The van der Waals surface area contributed by atoms with Gasteiger partial charge in [0.05, 0.1) is 12.8 Å². The van der Waals surface area contributed by atoms with E-state index in [2.05, 4.69) is 28.2 Å². The summed E-state index contributed by atoms with van der Waals surface area (Å²) in [5.41, 5.74) is 1.09. The molecule has 1 aliphatic rings. The molecule has 0 saturated carbocycles. The first kappa shape index (κ1) is 12.3. The smallest absolute Gasteiger partial charge is 0.213 e. The van der Waals surface area contributed by atoms with Crippen LogP contribution in [0.15, 0.2) is 18.2 Å². The van der Waals surface area contributed by atoms with Crippen molar-refractivity contribution in [1.82, 2.24) is 15.2 Å². The van der Waals surface area contributed by atoms with Gasteiger partial charge in [-0.2, -0.15) is 0 Å². The SMILES string of the molecule is CCCN(Cc1cccc(OC)n1)C1CNC1. The fourth-order valence-electron chi connectivity index (χ4n) is 2.08. The van der Waals surface area contributed by atoms with Crippen molar-refractivity contribution in [3.63, 3.8) is 0 Å². The molecule has 2 heterocycles. The fraction of sp³-hybridized carbons (Fsp3) is 0.615. The van der Waals surface area contributed by atoms with Crippen molar-refractivity contribution in [2.24, 2.45) is 0 Å². The molecule has 0 aliphatic carbocycles. The Labute approximate surface area is 103 Å². The molecule has 1 N–H and O–H groups in total. The highest BCUT2D eigenvalue weighted by molar-refractivity contribution is 5.15. The number of aromatic nitrogens is 1. The maximum Gasteiger partial charge on any atom is 0.213 e. The van der Waals surface area contributed by atoms with E-state index in [1.54, 1.807) is 7.11 Å². The third kappa shape index (κ3) is 3.17. The van der Waals surface area contributed by atoms with Gasteiger partial charge in [0.25, 0.3) is 0 Å². The Bertz CT molecular complexity index is 352. The number of rotatable bonds is 6. The maximum atomic E-state index is 5.16. The van der Waals surface area contributed by atoms with E-state index in [0.29, 0.717) is 11.9 Å². The molecule has 0 unspecified atom stereocenters. The van der Waals surface area contributed by atoms with E-state index in [-0.39, 0.29) is 0 Å². The predicted molar refractivity (Wildman–Crippen MR) is 68.1 cm³/mol. The molecule has 1 aliphatic heterocycles. The second kappa shape index (κ2) is 5.98. The molecule has 1 aromatic rings. The van der Waals surface area contributed by atoms with Gasteiger partial charge >= 0.3 is 0 Å². The van der Waals surface area contributed by atoms with Gasteiger partial charge in [0, 0.05) is 31.7 Å². The van der Waals surface area contributed by atoms with Gasteiger partial charge in [0.15, 0.2) is 0 Å². The molecule has 0 bridgehead atoms. The third-order valence-corrected chi connectivity index (χ3v) is 3.14. The minimum absolute atomic E-state index is 0.669. The number of hydrogen-bond acceptors (Lipinski definition) is 4. The van der Waals surface area contributed by atoms with Gasteiger partial charge in [-0.25, -0.2) is 4.98 Å². The first-order chi connectivity index (χ1) is 8.33. The molecule has 1 fully saturated rings. The third-order valence-electron chi connectivity index (χ3n) is 3.14. The van der Waals surface area contributed by atoms with E-state index in [4.69, 9.17) is 4.74 Å². The van der Waals surface area contributed by atoms with Crippen LogP contribution in [0.4, 0.5) is 0 Å². The highest BCUT2D eigenvalue weighted by atomic mass is 16.5. The van der Waals surface area contributed by atoms with Crippen LogP contribution in [-0.2, 0) is 6.54 Å². The molecule has 2 rings (SSSR count). The normalized spacial score (nSPS) is 15.9. The van der Waals surface area contributed by atoms with Crippen molar-refractivity contribution in [1.29, 1.82) is 0 Å². The fourth-order valence-corrected chi connectivity index (χ4v) is 2.08. The standard InChI is InChI=1S/C13H21N3O/c1-3-7-16(12-8-14-9-12)10-11-5-4-6-13(15-11)17-2/h4-6,12,14H,3,7-10H2,1-2H3. The second-order valence-corrected chi connectivity index (χ2v) is 4.45. The summed E-state index contributed by atoms with van der Waals surface area (Å²) in [4.78, 5) is 6.97. The molecule has 4 nitrogen and oxygen atoms in total. The van der Waals surface area contributed by atoms with E-state index >= 15 is 0 Å². The van der Waals surface area contributed by atoms with Gasteiger partial charge in [-0.3, -0.25) is 4.90 Å². The topological polar surface area (TPSA) is 37.4 Å². The summed E-state index contributed by atoms with van der Waals surface area (Å²) in [6.07, 6.45) is 1.18. The molecule has 1 aromatic heterocycles. The molecule has 0 atom stereocenters. The minimum Gasteiger partial charge on any atom is -0.481 e. The molecule has 0 aromatic carbocycles. The molecule has 94 valence electrons. The first-order valence-electron chi connectivity index (χ1n) is 6.28. The van der Waals surface area contributed by atoms with Crippen molar-refractivity contribution < 1.29 is 4.74 Å². The summed E-state index contributed by atoms with van der Waals surface area (Å²) < 4.78 is 5.16. The van der Waals surface area contributed by atoms with Crippen molar-refractivity contribution >= 4 is 0 Å². The van der Waals surface area contributed by atoms with E-state index in [1.165, 1.54) is 6.42 Å². The second-order valence-electron chi connectivity index (χ2n) is 4.45. The first-order valence-corrected chi connectivity index (χ1v) is 6.28. The molecule has 4 heteroatoms. The Morgan fingerprint density at radius 1 is 1.47 bits per heavy atom. The largest absolute Gasteiger partial charge is 0.481 e. The van der Waals surface area contributed by atoms with Crippen LogP contribution in [0.25, 0.3) is 0 Å². The summed E-state index contributed by atoms with van der Waals surface area (Å²) in [6, 6.07) is 6.63. The highest BCUT2D eigenvalue weighted by Crippen LogP contribution is 2.13. The van der Waals surface area contributed by atoms with E-state index in [1.807, 2.05) is 12.1 Å². The van der Waals surface area contributed by atoms with Gasteiger partial charge in [-0.1, -0.05) is 13.0 Å². The molecule has 1 saturated heterocycles. The zero-order valence-electron chi connectivity index (χ0n) is 10.6. The van der Waals surface area contributed by atoms with Gasteiger partial charge < -0.3 is 10.1 Å². The summed E-state index contributed by atoms with van der Waals surface area (Å²) in [7, 11) is 1.66. The van der Waals surface area contributed by atoms with Crippen LogP contribution in [0.1, 0.15) is 19.0 Å². The van der Waals surface area contributed by atoms with Crippen LogP contribution in [0.2, 0.25) is 0 Å². The van der Waals surface area contributed by atoms with E-state index in [9.17, 15) is 0 Å². The maximum absolute atomic E-state index is 5.16. The van der Waals surface area contributed by atoms with Crippen molar-refractivity contribution in [2.45, 2.75) is 25.9 Å². The summed E-state index contributed by atoms with van der Waals surface area (Å²) >= 11 is 0. The molecule has 17 heavy (non-hydrogen) atoms. The molecular formula is C13H21N3O. The van der Waals surface area contributed by atoms with E-state index < -0.39 is 0 Å². The average molecular weight is 235 g/mol. The average Bonchev–Trinajstić information content (AvgIpc) is 2.27. The predicted octanol–water partition coefficient (Wildman–Crippen LogP) is 1.27. The number of hydrogen-bond donors (Lipinski definition) is 1. The zero-order valence-corrected chi connectivity index (χ0v) is 10.6. The monoisotopic (exact) mass is 235 g/mol. The number of pyridine rings is 1. The Kier molecular flexibility index (Phi) is 4.34. The van der Waals surface area contributed by atoms with Crippen molar-refractivity contribution in [3.8, 4) is 5.88 Å². The zero-order chi connectivity index (χ0) is 12.1. The van der Waals surface area contributed by atoms with E-state index in [0.717, 1.165) is 31.9 Å². The van der Waals surface area contributed by atoms with Crippen LogP contribution >= 0.6 is 0 Å². The number of nitrogens with one attached hydrogen (secondary N) is 1. The summed E-state index contributed by atoms with van der Waals surface area (Å²) in [5.74, 6) is 0.700. The van der Waals surface area contributed by atoms with Crippen LogP contribution in [0.5, 0.6) is 5.88 Å². The van der Waals surface area contributed by atoms with Crippen molar-refractivity contribution in [2.75, 3.05) is 26.7 Å². The lowest BCUT2D eigenvalue weighted by Gasteiger charge is -2.38. The lowest BCUT2D eigenvalue weighted by atomic mass is 10.1. The summed E-state index contributed by atoms with van der Waals surface area (Å²) in [6.45, 7) is 6.47. The quantitative estimate of drug-likeness (QED) is 0.806. The Hall–Kier alpha value is -1.13. The Morgan fingerprint density at radius 3 is 2.88 bits per heavy atom. The van der Waals surface area contributed by atoms with Gasteiger partial charge in [-0.15, -0.1) is 0 Å². The van der Waals surface area contributed by atoms with Crippen LogP contribution in [-0.4, -0.2) is 42.7 Å². The number of ether oxygens (including phenoxy) is 1. The highest BCUT2D eigenvalue weighted by Gasteiger charge is 2.24. The molecule has 0 spiro atoms. The number of nitrogens with zero attached hydrogens (tertiary/aromatic N) is 2. The molecular weight excluding hydrogens is 214 g/mol. The number of methoxy groups -OCH3 is 1. The van der Waals surface area contributed by atoms with Gasteiger partial charge in [0.1, 0.15) is 0 Å². The lowest BCUT2D eigenvalue weighted by Crippen LogP contribution is -2.57. The molecule has 0 amide bonds. The summed E-state index contributed by atoms with van der Waals surface area (Å²) in [5, 5.41) is 3.32. The van der Waals surface area contributed by atoms with Crippen LogP contribution in [0.3, 0.4) is 0 Å². The lowest BCUT2D eigenvalue weighted by molar-refractivity contribution is 0.136.